The lowest BCUT2D eigenvalue weighted by Gasteiger charge is -2.08. The number of hydrogen-bond donors (Lipinski definition) is 1. The van der Waals surface area contributed by atoms with E-state index in [4.69, 9.17) is 28.9 Å². The van der Waals surface area contributed by atoms with Gasteiger partial charge in [0.15, 0.2) is 5.65 Å². The summed E-state index contributed by atoms with van der Waals surface area (Å²) in [5, 5.41) is 0.798. The molecule has 2 N–H and O–H groups in total. The molecule has 0 saturated heterocycles. The molecule has 0 saturated carbocycles. The maximum Gasteiger partial charge on any atom is 0.207 e. The predicted molar refractivity (Wildman–Crippen MR) is 73.3 cm³/mol. The first-order valence-corrected chi connectivity index (χ1v) is 6.07. The first-order chi connectivity index (χ1) is 9.06. The number of nitrogens with zero attached hydrogens (tertiary/aromatic N) is 3. The molecule has 3 aromatic rings. The number of nitrogen functional groups attached to an aromatic ring is 1. The Labute approximate surface area is 117 Å². The zero-order chi connectivity index (χ0) is 13.6. The van der Waals surface area contributed by atoms with Gasteiger partial charge in [-0.1, -0.05) is 23.2 Å². The van der Waals surface area contributed by atoms with Crippen molar-refractivity contribution in [2.45, 2.75) is 0 Å². The molecule has 4 nitrogen and oxygen atoms in total. The summed E-state index contributed by atoms with van der Waals surface area (Å²) >= 11 is 11.9. The topological polar surface area (TPSA) is 56.7 Å². The first-order valence-electron chi connectivity index (χ1n) is 5.31. The number of hydrogen-bond acceptors (Lipinski definition) is 3. The van der Waals surface area contributed by atoms with E-state index in [9.17, 15) is 4.39 Å². The molecule has 2 heterocycles. The molecule has 0 atom stereocenters. The van der Waals surface area contributed by atoms with Crippen molar-refractivity contribution in [3.8, 4) is 5.69 Å². The molecule has 1 aromatic carbocycles. The van der Waals surface area contributed by atoms with Crippen LogP contribution in [0.3, 0.4) is 0 Å². The van der Waals surface area contributed by atoms with Gasteiger partial charge in [-0.05, 0) is 24.3 Å². The molecule has 0 aliphatic rings. The van der Waals surface area contributed by atoms with Crippen molar-refractivity contribution in [3.05, 3.63) is 46.3 Å². The minimum absolute atomic E-state index is 0.164. The second kappa shape index (κ2) is 4.36. The summed E-state index contributed by atoms with van der Waals surface area (Å²) in [4.78, 5) is 8.29. The minimum Gasteiger partial charge on any atom is -0.369 e. The van der Waals surface area contributed by atoms with Crippen LogP contribution in [0.25, 0.3) is 16.9 Å². The van der Waals surface area contributed by atoms with Gasteiger partial charge in [-0.15, -0.1) is 0 Å². The normalized spacial score (nSPS) is 11.1. The van der Waals surface area contributed by atoms with Gasteiger partial charge < -0.3 is 5.73 Å². The van der Waals surface area contributed by atoms with Gasteiger partial charge in [-0.3, -0.25) is 4.57 Å². The molecule has 96 valence electrons. The maximum absolute atomic E-state index is 13.4. The van der Waals surface area contributed by atoms with Gasteiger partial charge in [0.05, 0.1) is 15.7 Å². The Morgan fingerprint density at radius 2 is 2.00 bits per heavy atom. The molecule has 0 aliphatic carbocycles. The molecule has 0 fully saturated rings. The lowest BCUT2D eigenvalue weighted by atomic mass is 10.3. The summed E-state index contributed by atoms with van der Waals surface area (Å²) in [5.74, 6) is -0.258. The number of anilines is 1. The molecule has 0 amide bonds. The van der Waals surface area contributed by atoms with E-state index in [1.165, 1.54) is 29.0 Å². The van der Waals surface area contributed by atoms with Crippen molar-refractivity contribution in [3.63, 3.8) is 0 Å². The van der Waals surface area contributed by atoms with E-state index >= 15 is 0 Å². The number of pyridine rings is 1. The van der Waals surface area contributed by atoms with Crippen molar-refractivity contribution in [2.24, 2.45) is 0 Å². The van der Waals surface area contributed by atoms with E-state index in [-0.39, 0.29) is 5.95 Å². The standard InChI is InChI=1S/C12H7Cl2FN4/c13-6-3-9-11(17-5-6)19(12(16)18-9)10-4-7(15)1-2-8(10)14/h1-5H,(H2,16,18). The quantitative estimate of drug-likeness (QED) is 0.748. The van der Waals surface area contributed by atoms with Crippen molar-refractivity contribution in [1.29, 1.82) is 0 Å². The number of imidazole rings is 1. The zero-order valence-corrected chi connectivity index (χ0v) is 11.0. The Hall–Kier alpha value is -1.85. The van der Waals surface area contributed by atoms with Gasteiger partial charge in [-0.2, -0.15) is 0 Å². The fraction of sp³-hybridized carbons (Fsp3) is 0. The molecule has 19 heavy (non-hydrogen) atoms. The molecule has 0 radical (unpaired) electrons. The summed E-state index contributed by atoms with van der Waals surface area (Å²) in [6.45, 7) is 0. The largest absolute Gasteiger partial charge is 0.369 e. The van der Waals surface area contributed by atoms with Crippen LogP contribution in [-0.4, -0.2) is 14.5 Å². The molecule has 3 rings (SSSR count). The van der Waals surface area contributed by atoms with Crippen LogP contribution in [0.15, 0.2) is 30.5 Å². The minimum atomic E-state index is -0.422. The third kappa shape index (κ3) is 2.01. The molecular weight excluding hydrogens is 290 g/mol. The lowest BCUT2D eigenvalue weighted by molar-refractivity contribution is 0.627. The Morgan fingerprint density at radius 3 is 2.79 bits per heavy atom. The second-order valence-corrected chi connectivity index (χ2v) is 4.74. The number of fused-ring (bicyclic) bond motifs is 1. The van der Waals surface area contributed by atoms with Crippen LogP contribution >= 0.6 is 23.2 Å². The van der Waals surface area contributed by atoms with Crippen molar-refractivity contribution in [2.75, 3.05) is 5.73 Å². The highest BCUT2D eigenvalue weighted by atomic mass is 35.5. The van der Waals surface area contributed by atoms with E-state index in [0.29, 0.717) is 26.9 Å². The Kier molecular flexibility index (Phi) is 2.80. The summed E-state index contributed by atoms with van der Waals surface area (Å²) in [7, 11) is 0. The average Bonchev–Trinajstić information content (AvgIpc) is 2.67. The van der Waals surface area contributed by atoms with E-state index in [2.05, 4.69) is 9.97 Å². The van der Waals surface area contributed by atoms with Gasteiger partial charge in [0, 0.05) is 6.20 Å². The Balaban J connectivity index is 2.36. The van der Waals surface area contributed by atoms with E-state index in [1.54, 1.807) is 6.07 Å². The van der Waals surface area contributed by atoms with Crippen molar-refractivity contribution < 1.29 is 4.39 Å². The van der Waals surface area contributed by atoms with Crippen LogP contribution in [0.1, 0.15) is 0 Å². The molecule has 0 aliphatic heterocycles. The summed E-state index contributed by atoms with van der Waals surface area (Å²) in [6, 6.07) is 5.62. The highest BCUT2D eigenvalue weighted by Crippen LogP contribution is 2.28. The second-order valence-electron chi connectivity index (χ2n) is 3.90. The van der Waals surface area contributed by atoms with Crippen LogP contribution in [-0.2, 0) is 0 Å². The molecule has 0 spiro atoms. The predicted octanol–water partition coefficient (Wildman–Crippen LogP) is 3.45. The maximum atomic E-state index is 13.4. The molecule has 0 unspecified atom stereocenters. The molecule has 0 bridgehead atoms. The fourth-order valence-electron chi connectivity index (χ4n) is 1.85. The number of halogens is 3. The van der Waals surface area contributed by atoms with Crippen LogP contribution in [0.5, 0.6) is 0 Å². The fourth-order valence-corrected chi connectivity index (χ4v) is 2.21. The summed E-state index contributed by atoms with van der Waals surface area (Å²) < 4.78 is 14.8. The molecule has 7 heteroatoms. The SMILES string of the molecule is Nc1nc2cc(Cl)cnc2n1-c1cc(F)ccc1Cl. The van der Waals surface area contributed by atoms with Gasteiger partial charge in [0.1, 0.15) is 11.3 Å². The van der Waals surface area contributed by atoms with Gasteiger partial charge in [0.2, 0.25) is 5.95 Å². The molecular formula is C12H7Cl2FN4. The first kappa shape index (κ1) is 12.2. The van der Waals surface area contributed by atoms with Gasteiger partial charge >= 0.3 is 0 Å². The van der Waals surface area contributed by atoms with Gasteiger partial charge in [-0.25, -0.2) is 14.4 Å². The Morgan fingerprint density at radius 1 is 1.21 bits per heavy atom. The van der Waals surface area contributed by atoms with Crippen LogP contribution < -0.4 is 5.73 Å². The van der Waals surface area contributed by atoms with Crippen LogP contribution in [0, 0.1) is 5.82 Å². The number of aromatic nitrogens is 3. The zero-order valence-electron chi connectivity index (χ0n) is 9.44. The van der Waals surface area contributed by atoms with E-state index in [1.807, 2.05) is 0 Å². The van der Waals surface area contributed by atoms with Crippen LogP contribution in [0.2, 0.25) is 10.0 Å². The third-order valence-corrected chi connectivity index (χ3v) is 3.17. The summed E-state index contributed by atoms with van der Waals surface area (Å²) in [6.07, 6.45) is 1.47. The molecule has 2 aromatic heterocycles. The lowest BCUT2D eigenvalue weighted by Crippen LogP contribution is -2.02. The third-order valence-electron chi connectivity index (χ3n) is 2.64. The van der Waals surface area contributed by atoms with Crippen molar-refractivity contribution >= 4 is 40.3 Å². The van der Waals surface area contributed by atoms with Gasteiger partial charge in [0.25, 0.3) is 0 Å². The van der Waals surface area contributed by atoms with E-state index in [0.717, 1.165) is 0 Å². The smallest absolute Gasteiger partial charge is 0.207 e. The highest BCUT2D eigenvalue weighted by molar-refractivity contribution is 6.32. The Bertz CT molecular complexity index is 785. The van der Waals surface area contributed by atoms with Crippen LogP contribution in [0.4, 0.5) is 10.3 Å². The average molecular weight is 297 g/mol. The monoisotopic (exact) mass is 296 g/mol. The number of rotatable bonds is 1. The summed E-state index contributed by atoms with van der Waals surface area (Å²) in [5.41, 5.74) is 7.21. The number of nitrogens with two attached hydrogens (primary N) is 1. The number of benzene rings is 1. The highest BCUT2D eigenvalue weighted by Gasteiger charge is 2.14. The van der Waals surface area contributed by atoms with E-state index < -0.39 is 5.82 Å². The van der Waals surface area contributed by atoms with Crippen molar-refractivity contribution in [1.82, 2.24) is 14.5 Å².